The van der Waals surface area contributed by atoms with Crippen LogP contribution in [-0.4, -0.2) is 23.8 Å². The van der Waals surface area contributed by atoms with Crippen molar-refractivity contribution >= 4 is 5.97 Å². The largest absolute Gasteiger partial charge is 0.463 e. The third-order valence-electron chi connectivity index (χ3n) is 3.93. The Bertz CT molecular complexity index is 338. The van der Waals surface area contributed by atoms with E-state index in [-0.39, 0.29) is 11.3 Å². The SMILES string of the molecule is CC(C)=C[C@H]1[C@@H](COC(=O)[C@H](O)C(C)C)C1(C)C. The highest BCUT2D eigenvalue weighted by Crippen LogP contribution is 2.59. The third-order valence-corrected chi connectivity index (χ3v) is 3.93. The number of carbonyl (C=O) groups excluding carboxylic acids is 1. The van der Waals surface area contributed by atoms with E-state index in [4.69, 9.17) is 4.74 Å². The van der Waals surface area contributed by atoms with Crippen molar-refractivity contribution < 1.29 is 14.6 Å². The third kappa shape index (κ3) is 3.35. The maximum atomic E-state index is 11.6. The maximum Gasteiger partial charge on any atom is 0.335 e. The topological polar surface area (TPSA) is 46.5 Å². The van der Waals surface area contributed by atoms with Crippen LogP contribution in [0.15, 0.2) is 11.6 Å². The summed E-state index contributed by atoms with van der Waals surface area (Å²) < 4.78 is 5.22. The summed E-state index contributed by atoms with van der Waals surface area (Å²) in [6.07, 6.45) is 1.24. The highest BCUT2D eigenvalue weighted by molar-refractivity contribution is 5.74. The molecular formula is C15H26O3. The van der Waals surface area contributed by atoms with Gasteiger partial charge in [0, 0.05) is 5.92 Å². The molecular weight excluding hydrogens is 228 g/mol. The predicted molar refractivity (Wildman–Crippen MR) is 72.0 cm³/mol. The lowest BCUT2D eigenvalue weighted by atomic mass is 10.1. The molecule has 1 aliphatic carbocycles. The Balaban J connectivity index is 2.46. The van der Waals surface area contributed by atoms with E-state index in [9.17, 15) is 9.90 Å². The lowest BCUT2D eigenvalue weighted by molar-refractivity contribution is -0.156. The fourth-order valence-electron chi connectivity index (χ4n) is 2.32. The van der Waals surface area contributed by atoms with Crippen LogP contribution in [0.4, 0.5) is 0 Å². The second kappa shape index (κ2) is 5.43. The highest BCUT2D eigenvalue weighted by atomic mass is 16.5. The van der Waals surface area contributed by atoms with Gasteiger partial charge in [-0.15, -0.1) is 0 Å². The summed E-state index contributed by atoms with van der Waals surface area (Å²) in [6.45, 7) is 12.6. The Morgan fingerprint density at radius 2 is 1.94 bits per heavy atom. The van der Waals surface area contributed by atoms with Crippen molar-refractivity contribution in [1.82, 2.24) is 0 Å². The monoisotopic (exact) mass is 254 g/mol. The van der Waals surface area contributed by atoms with Crippen LogP contribution in [0.2, 0.25) is 0 Å². The van der Waals surface area contributed by atoms with Crippen LogP contribution in [0.3, 0.4) is 0 Å². The Morgan fingerprint density at radius 3 is 2.39 bits per heavy atom. The lowest BCUT2D eigenvalue weighted by Crippen LogP contribution is -2.29. The van der Waals surface area contributed by atoms with E-state index in [1.165, 1.54) is 5.57 Å². The molecule has 18 heavy (non-hydrogen) atoms. The molecule has 1 saturated carbocycles. The number of ether oxygens (including phenoxy) is 1. The van der Waals surface area contributed by atoms with Crippen molar-refractivity contribution in [2.45, 2.75) is 47.6 Å². The van der Waals surface area contributed by atoms with Crippen molar-refractivity contribution in [3.05, 3.63) is 11.6 Å². The number of hydrogen-bond acceptors (Lipinski definition) is 3. The van der Waals surface area contributed by atoms with Crippen molar-refractivity contribution in [2.24, 2.45) is 23.2 Å². The van der Waals surface area contributed by atoms with Gasteiger partial charge in [-0.05, 0) is 31.1 Å². The molecule has 3 nitrogen and oxygen atoms in total. The normalized spacial score (nSPS) is 26.7. The Morgan fingerprint density at radius 1 is 1.39 bits per heavy atom. The molecule has 1 aliphatic rings. The van der Waals surface area contributed by atoms with Crippen molar-refractivity contribution in [3.63, 3.8) is 0 Å². The van der Waals surface area contributed by atoms with Crippen molar-refractivity contribution in [3.8, 4) is 0 Å². The molecule has 3 heteroatoms. The van der Waals surface area contributed by atoms with Gasteiger partial charge < -0.3 is 9.84 Å². The molecule has 104 valence electrons. The van der Waals surface area contributed by atoms with Gasteiger partial charge in [0.2, 0.25) is 0 Å². The van der Waals surface area contributed by atoms with Crippen LogP contribution in [0, 0.1) is 23.2 Å². The number of carbonyl (C=O) groups is 1. The lowest BCUT2D eigenvalue weighted by Gasteiger charge is -2.13. The first-order chi connectivity index (χ1) is 8.17. The molecule has 0 aromatic rings. The molecule has 0 aromatic heterocycles. The van der Waals surface area contributed by atoms with Crippen LogP contribution in [0.1, 0.15) is 41.5 Å². The van der Waals surface area contributed by atoms with Crippen LogP contribution >= 0.6 is 0 Å². The van der Waals surface area contributed by atoms with Crippen molar-refractivity contribution in [1.29, 1.82) is 0 Å². The molecule has 1 N–H and O–H groups in total. The van der Waals surface area contributed by atoms with E-state index in [2.05, 4.69) is 33.8 Å². The smallest absolute Gasteiger partial charge is 0.335 e. The van der Waals surface area contributed by atoms with E-state index in [0.717, 1.165) is 0 Å². The first kappa shape index (κ1) is 15.2. The zero-order valence-electron chi connectivity index (χ0n) is 12.4. The van der Waals surface area contributed by atoms with Gasteiger partial charge in [-0.1, -0.05) is 39.3 Å². The van der Waals surface area contributed by atoms with E-state index >= 15 is 0 Å². The number of aliphatic hydroxyl groups excluding tert-OH is 1. The summed E-state index contributed by atoms with van der Waals surface area (Å²) in [5, 5.41) is 9.58. The molecule has 0 spiro atoms. The predicted octanol–water partition coefficient (Wildman–Crippen LogP) is 2.78. The van der Waals surface area contributed by atoms with Crippen LogP contribution in [0.5, 0.6) is 0 Å². The second-order valence-electron chi connectivity index (χ2n) is 6.52. The standard InChI is InChI=1S/C15H26O3/c1-9(2)7-11-12(15(11,5)6)8-18-14(17)13(16)10(3)4/h7,10-13,16H,8H2,1-6H3/t11-,12+,13+/m0/s1. The number of rotatable bonds is 5. The summed E-state index contributed by atoms with van der Waals surface area (Å²) in [6, 6.07) is 0. The second-order valence-corrected chi connectivity index (χ2v) is 6.52. The maximum absolute atomic E-state index is 11.6. The van der Waals surface area contributed by atoms with Crippen LogP contribution < -0.4 is 0 Å². The fourth-order valence-corrected chi connectivity index (χ4v) is 2.32. The van der Waals surface area contributed by atoms with E-state index in [1.807, 2.05) is 0 Å². The van der Waals surface area contributed by atoms with Crippen LogP contribution in [-0.2, 0) is 9.53 Å². The molecule has 0 radical (unpaired) electrons. The molecule has 0 heterocycles. The molecule has 3 atom stereocenters. The van der Waals surface area contributed by atoms with Gasteiger partial charge in [-0.3, -0.25) is 0 Å². The molecule has 0 amide bonds. The number of hydrogen-bond donors (Lipinski definition) is 1. The number of allylic oxidation sites excluding steroid dienone is 2. The van der Waals surface area contributed by atoms with E-state index in [1.54, 1.807) is 13.8 Å². The summed E-state index contributed by atoms with van der Waals surface area (Å²) in [7, 11) is 0. The Kier molecular flexibility index (Phi) is 4.60. The highest BCUT2D eigenvalue weighted by Gasteiger charge is 2.56. The fraction of sp³-hybridized carbons (Fsp3) is 0.800. The van der Waals surface area contributed by atoms with E-state index < -0.39 is 12.1 Å². The van der Waals surface area contributed by atoms with Gasteiger partial charge in [0.15, 0.2) is 6.10 Å². The minimum atomic E-state index is -1.01. The van der Waals surface area contributed by atoms with Gasteiger partial charge in [0.05, 0.1) is 6.61 Å². The summed E-state index contributed by atoms with van der Waals surface area (Å²) in [5.74, 6) is 0.254. The Labute approximate surface area is 110 Å². The van der Waals surface area contributed by atoms with Gasteiger partial charge in [-0.25, -0.2) is 4.79 Å². The molecule has 0 aliphatic heterocycles. The van der Waals surface area contributed by atoms with Gasteiger partial charge in [0.25, 0.3) is 0 Å². The summed E-state index contributed by atoms with van der Waals surface area (Å²) in [4.78, 5) is 11.6. The Hall–Kier alpha value is -0.830. The van der Waals surface area contributed by atoms with E-state index in [0.29, 0.717) is 18.4 Å². The minimum Gasteiger partial charge on any atom is -0.463 e. The zero-order valence-corrected chi connectivity index (χ0v) is 12.4. The molecule has 0 aromatic carbocycles. The first-order valence-corrected chi connectivity index (χ1v) is 6.67. The van der Waals surface area contributed by atoms with Crippen molar-refractivity contribution in [2.75, 3.05) is 6.61 Å². The van der Waals surface area contributed by atoms with Gasteiger partial charge in [0.1, 0.15) is 0 Å². The quantitative estimate of drug-likeness (QED) is 0.606. The molecule has 0 saturated heterocycles. The number of aliphatic hydroxyl groups is 1. The average molecular weight is 254 g/mol. The molecule has 0 bridgehead atoms. The molecule has 1 rings (SSSR count). The van der Waals surface area contributed by atoms with Gasteiger partial charge in [-0.2, -0.15) is 0 Å². The zero-order chi connectivity index (χ0) is 14.1. The molecule has 0 unspecified atom stereocenters. The van der Waals surface area contributed by atoms with Crippen LogP contribution in [0.25, 0.3) is 0 Å². The first-order valence-electron chi connectivity index (χ1n) is 6.67. The van der Waals surface area contributed by atoms with Gasteiger partial charge >= 0.3 is 5.97 Å². The summed E-state index contributed by atoms with van der Waals surface area (Å²) in [5.41, 5.74) is 1.49. The molecule has 1 fully saturated rings. The minimum absolute atomic E-state index is 0.0988. The summed E-state index contributed by atoms with van der Waals surface area (Å²) >= 11 is 0. The number of esters is 1. The average Bonchev–Trinajstić information content (AvgIpc) is 2.74.